The molecule has 0 spiro atoms. The molecule has 1 amide bonds. The van der Waals surface area contributed by atoms with Crippen LogP contribution >= 0.6 is 11.6 Å². The topological polar surface area (TPSA) is 46.3 Å². The average Bonchev–Trinajstić information content (AvgIpc) is 2.40. The molecule has 2 rings (SSSR count). The summed E-state index contributed by atoms with van der Waals surface area (Å²) >= 11 is 5.85. The lowest BCUT2D eigenvalue weighted by Crippen LogP contribution is -2.27. The molecule has 0 saturated carbocycles. The monoisotopic (exact) mass is 288 g/mol. The minimum Gasteiger partial charge on any atom is -0.398 e. The fourth-order valence-electron chi connectivity index (χ4n) is 2.05. The van der Waals surface area contributed by atoms with Crippen molar-refractivity contribution in [2.24, 2.45) is 0 Å². The third kappa shape index (κ3) is 3.11. The molecule has 0 unspecified atom stereocenters. The lowest BCUT2D eigenvalue weighted by Gasteiger charge is -2.19. The Kier molecular flexibility index (Phi) is 4.30. The molecule has 0 fully saturated rings. The molecule has 0 atom stereocenters. The van der Waals surface area contributed by atoms with Crippen LogP contribution in [0.3, 0.4) is 0 Å². The second-order valence-electron chi connectivity index (χ2n) is 4.82. The van der Waals surface area contributed by atoms with Crippen LogP contribution in [0.1, 0.15) is 21.5 Å². The smallest absolute Gasteiger partial charge is 0.255 e. The number of rotatable bonds is 3. The lowest BCUT2D eigenvalue weighted by molar-refractivity contribution is 0.0786. The summed E-state index contributed by atoms with van der Waals surface area (Å²) in [6.07, 6.45) is 0. The number of hydrogen-bond donors (Lipinski definition) is 1. The minimum atomic E-state index is -0.109. The van der Waals surface area contributed by atoms with Crippen molar-refractivity contribution >= 4 is 23.2 Å². The third-order valence-corrected chi connectivity index (χ3v) is 3.49. The predicted molar refractivity (Wildman–Crippen MR) is 82.8 cm³/mol. The minimum absolute atomic E-state index is 0.109. The van der Waals surface area contributed by atoms with E-state index in [0.717, 1.165) is 11.1 Å². The Bertz CT molecular complexity index is 640. The normalized spacial score (nSPS) is 10.3. The highest BCUT2D eigenvalue weighted by Gasteiger charge is 2.15. The standard InChI is InChI=1S/C16H17ClN2O/c1-11-5-3-4-6-12(11)10-19(2)16(20)14-8-7-13(17)9-15(14)18/h3-9H,10,18H2,1-2H3. The van der Waals surface area contributed by atoms with Crippen molar-refractivity contribution in [3.8, 4) is 0 Å². The van der Waals surface area contributed by atoms with Crippen LogP contribution in [0.15, 0.2) is 42.5 Å². The molecule has 3 nitrogen and oxygen atoms in total. The maximum atomic E-state index is 12.4. The molecule has 0 aliphatic heterocycles. The van der Waals surface area contributed by atoms with Gasteiger partial charge in [-0.3, -0.25) is 4.79 Å². The quantitative estimate of drug-likeness (QED) is 0.879. The number of hydrogen-bond acceptors (Lipinski definition) is 2. The van der Waals surface area contributed by atoms with E-state index in [2.05, 4.69) is 0 Å². The molecule has 0 aromatic heterocycles. The van der Waals surface area contributed by atoms with E-state index in [0.29, 0.717) is 22.8 Å². The molecular weight excluding hydrogens is 272 g/mol. The maximum absolute atomic E-state index is 12.4. The Morgan fingerprint density at radius 1 is 1.25 bits per heavy atom. The van der Waals surface area contributed by atoms with Crippen molar-refractivity contribution in [2.45, 2.75) is 13.5 Å². The van der Waals surface area contributed by atoms with Crippen molar-refractivity contribution in [2.75, 3.05) is 12.8 Å². The molecule has 0 bridgehead atoms. The highest BCUT2D eigenvalue weighted by Crippen LogP contribution is 2.20. The van der Waals surface area contributed by atoms with Crippen LogP contribution in [0.4, 0.5) is 5.69 Å². The number of carbonyl (C=O) groups excluding carboxylic acids is 1. The maximum Gasteiger partial charge on any atom is 0.255 e. The fraction of sp³-hybridized carbons (Fsp3) is 0.188. The molecule has 104 valence electrons. The second-order valence-corrected chi connectivity index (χ2v) is 5.26. The molecular formula is C16H17ClN2O. The van der Waals surface area contributed by atoms with Gasteiger partial charge < -0.3 is 10.6 Å². The molecule has 2 aromatic carbocycles. The summed E-state index contributed by atoms with van der Waals surface area (Å²) in [4.78, 5) is 14.0. The van der Waals surface area contributed by atoms with Crippen LogP contribution in [-0.4, -0.2) is 17.9 Å². The van der Waals surface area contributed by atoms with Gasteiger partial charge in [0.25, 0.3) is 5.91 Å². The van der Waals surface area contributed by atoms with Gasteiger partial charge in [0.05, 0.1) is 5.56 Å². The fourth-order valence-corrected chi connectivity index (χ4v) is 2.23. The van der Waals surface area contributed by atoms with Crippen molar-refractivity contribution in [1.29, 1.82) is 0 Å². The Morgan fingerprint density at radius 3 is 2.60 bits per heavy atom. The molecule has 0 saturated heterocycles. The summed E-state index contributed by atoms with van der Waals surface area (Å²) in [6, 6.07) is 12.9. The molecule has 0 aliphatic carbocycles. The zero-order valence-electron chi connectivity index (χ0n) is 11.6. The first-order valence-electron chi connectivity index (χ1n) is 6.34. The molecule has 4 heteroatoms. The van der Waals surface area contributed by atoms with Gasteiger partial charge in [0.1, 0.15) is 0 Å². The molecule has 0 aliphatic rings. The number of nitrogen functional groups attached to an aromatic ring is 1. The molecule has 20 heavy (non-hydrogen) atoms. The molecule has 2 N–H and O–H groups in total. The van der Waals surface area contributed by atoms with Gasteiger partial charge in [0.2, 0.25) is 0 Å². The summed E-state index contributed by atoms with van der Waals surface area (Å²) in [6.45, 7) is 2.58. The highest BCUT2D eigenvalue weighted by molar-refractivity contribution is 6.31. The van der Waals surface area contributed by atoms with Crippen molar-refractivity contribution in [3.63, 3.8) is 0 Å². The van der Waals surface area contributed by atoms with E-state index in [-0.39, 0.29) is 5.91 Å². The Morgan fingerprint density at radius 2 is 1.95 bits per heavy atom. The van der Waals surface area contributed by atoms with E-state index < -0.39 is 0 Å². The van der Waals surface area contributed by atoms with E-state index in [1.807, 2.05) is 31.2 Å². The Balaban J connectivity index is 2.19. The number of nitrogens with two attached hydrogens (primary N) is 1. The van der Waals surface area contributed by atoms with Crippen LogP contribution in [0.5, 0.6) is 0 Å². The van der Waals surface area contributed by atoms with Crippen LogP contribution in [-0.2, 0) is 6.54 Å². The van der Waals surface area contributed by atoms with Crippen molar-refractivity contribution < 1.29 is 4.79 Å². The average molecular weight is 289 g/mol. The van der Waals surface area contributed by atoms with Crippen LogP contribution in [0.2, 0.25) is 5.02 Å². The van der Waals surface area contributed by atoms with E-state index in [4.69, 9.17) is 17.3 Å². The summed E-state index contributed by atoms with van der Waals surface area (Å²) in [5.74, 6) is -0.109. The number of carbonyl (C=O) groups is 1. The van der Waals surface area contributed by atoms with Gasteiger partial charge in [-0.25, -0.2) is 0 Å². The van der Waals surface area contributed by atoms with Crippen LogP contribution in [0.25, 0.3) is 0 Å². The van der Waals surface area contributed by atoms with E-state index in [9.17, 15) is 4.79 Å². The summed E-state index contributed by atoms with van der Waals surface area (Å²) in [7, 11) is 1.77. The van der Waals surface area contributed by atoms with Gasteiger partial charge in [-0.05, 0) is 36.2 Å². The van der Waals surface area contributed by atoms with E-state index in [1.54, 1.807) is 30.1 Å². The van der Waals surface area contributed by atoms with Crippen LogP contribution in [0, 0.1) is 6.92 Å². The van der Waals surface area contributed by atoms with Gasteiger partial charge in [-0.2, -0.15) is 0 Å². The van der Waals surface area contributed by atoms with Crippen molar-refractivity contribution in [1.82, 2.24) is 4.90 Å². The molecule has 0 heterocycles. The SMILES string of the molecule is Cc1ccccc1CN(C)C(=O)c1ccc(Cl)cc1N. The van der Waals surface area contributed by atoms with Gasteiger partial charge >= 0.3 is 0 Å². The van der Waals surface area contributed by atoms with Gasteiger partial charge in [0, 0.05) is 24.3 Å². The number of nitrogens with zero attached hydrogens (tertiary/aromatic N) is 1. The largest absolute Gasteiger partial charge is 0.398 e. The summed E-state index contributed by atoms with van der Waals surface area (Å²) in [5, 5.41) is 0.528. The van der Waals surface area contributed by atoms with Gasteiger partial charge in [-0.15, -0.1) is 0 Å². The van der Waals surface area contributed by atoms with Gasteiger partial charge in [-0.1, -0.05) is 35.9 Å². The molecule has 2 aromatic rings. The first-order chi connectivity index (χ1) is 9.49. The lowest BCUT2D eigenvalue weighted by atomic mass is 10.1. The number of anilines is 1. The number of halogens is 1. The first kappa shape index (κ1) is 14.4. The number of amides is 1. The zero-order chi connectivity index (χ0) is 14.7. The van der Waals surface area contributed by atoms with Crippen molar-refractivity contribution in [3.05, 3.63) is 64.2 Å². The third-order valence-electron chi connectivity index (χ3n) is 3.26. The highest BCUT2D eigenvalue weighted by atomic mass is 35.5. The number of benzene rings is 2. The van der Waals surface area contributed by atoms with E-state index >= 15 is 0 Å². The zero-order valence-corrected chi connectivity index (χ0v) is 12.3. The number of aryl methyl sites for hydroxylation is 1. The van der Waals surface area contributed by atoms with E-state index in [1.165, 1.54) is 0 Å². The summed E-state index contributed by atoms with van der Waals surface area (Å²) in [5.41, 5.74) is 9.02. The first-order valence-corrected chi connectivity index (χ1v) is 6.72. The molecule has 0 radical (unpaired) electrons. The van der Waals surface area contributed by atoms with Crippen LogP contribution < -0.4 is 5.73 Å². The predicted octanol–water partition coefficient (Wildman–Crippen LogP) is 3.50. The Hall–Kier alpha value is -2.00. The Labute approximate surface area is 124 Å². The summed E-state index contributed by atoms with van der Waals surface area (Å²) < 4.78 is 0. The second kappa shape index (κ2) is 5.97. The van der Waals surface area contributed by atoms with Gasteiger partial charge in [0.15, 0.2) is 0 Å².